The Morgan fingerprint density at radius 2 is 2.11 bits per heavy atom. The average Bonchev–Trinajstić information content (AvgIpc) is 3.32. The molecule has 7 nitrogen and oxygen atoms in total. The van der Waals surface area contributed by atoms with E-state index in [1.165, 1.54) is 0 Å². The molecule has 158 valence electrons. The van der Waals surface area contributed by atoms with Crippen LogP contribution in [0.2, 0.25) is 0 Å². The van der Waals surface area contributed by atoms with Gasteiger partial charge < -0.3 is 19.5 Å². The molecule has 0 saturated carbocycles. The topological polar surface area (TPSA) is 75.8 Å². The minimum Gasteiger partial charge on any atom is -0.375 e. The van der Waals surface area contributed by atoms with Crippen molar-refractivity contribution >= 4 is 41.3 Å². The maximum absolute atomic E-state index is 5.47. The van der Waals surface area contributed by atoms with Crippen molar-refractivity contribution in [2.24, 2.45) is 4.99 Å². The number of rotatable bonds is 9. The van der Waals surface area contributed by atoms with Crippen molar-refractivity contribution in [1.82, 2.24) is 20.4 Å². The number of aromatic nitrogens is 2. The lowest BCUT2D eigenvalue weighted by Gasteiger charge is -2.20. The van der Waals surface area contributed by atoms with Gasteiger partial charge in [0.1, 0.15) is 11.1 Å². The Morgan fingerprint density at radius 3 is 2.71 bits per heavy atom. The lowest BCUT2D eigenvalue weighted by atomic mass is 9.99. The molecule has 1 unspecified atom stereocenters. The van der Waals surface area contributed by atoms with Crippen LogP contribution in [0.1, 0.15) is 67.8 Å². The number of guanidine groups is 1. The third kappa shape index (κ3) is 6.70. The fourth-order valence-corrected chi connectivity index (χ4v) is 3.71. The number of nitrogens with one attached hydrogen (secondary N) is 1. The third-order valence-corrected chi connectivity index (χ3v) is 5.70. The first-order chi connectivity index (χ1) is 13.0. The predicted molar refractivity (Wildman–Crippen MR) is 124 cm³/mol. The molecule has 2 heterocycles. The summed E-state index contributed by atoms with van der Waals surface area (Å²) in [6.45, 7) is 7.57. The van der Waals surface area contributed by atoms with Crippen molar-refractivity contribution in [3.63, 3.8) is 0 Å². The first-order valence-corrected chi connectivity index (χ1v) is 10.2. The van der Waals surface area contributed by atoms with E-state index in [0.717, 1.165) is 41.0 Å². The van der Waals surface area contributed by atoms with E-state index in [4.69, 9.17) is 9.26 Å². The van der Waals surface area contributed by atoms with Gasteiger partial charge >= 0.3 is 0 Å². The van der Waals surface area contributed by atoms with Crippen LogP contribution in [-0.4, -0.2) is 42.2 Å². The van der Waals surface area contributed by atoms with E-state index >= 15 is 0 Å². The molecule has 0 bridgehead atoms. The zero-order valence-corrected chi connectivity index (χ0v) is 20.7. The lowest BCUT2D eigenvalue weighted by Crippen LogP contribution is -2.38. The number of ether oxygens (including phenoxy) is 1. The molecule has 28 heavy (non-hydrogen) atoms. The first-order valence-electron chi connectivity index (χ1n) is 9.36. The fraction of sp³-hybridized carbons (Fsp3) is 0.632. The molecule has 2 aromatic rings. The Labute approximate surface area is 189 Å². The average molecular weight is 521 g/mol. The molecule has 1 atom stereocenters. The van der Waals surface area contributed by atoms with Gasteiger partial charge in [0.15, 0.2) is 11.7 Å². The molecule has 0 radical (unpaired) electrons. The summed E-state index contributed by atoms with van der Waals surface area (Å²) in [6, 6.07) is 2.04. The minimum absolute atomic E-state index is 0. The zero-order chi connectivity index (χ0) is 19.8. The monoisotopic (exact) mass is 521 g/mol. The van der Waals surface area contributed by atoms with E-state index in [0.29, 0.717) is 19.0 Å². The van der Waals surface area contributed by atoms with Gasteiger partial charge in [-0.05, 0) is 19.8 Å². The van der Waals surface area contributed by atoms with E-state index in [-0.39, 0.29) is 30.1 Å². The molecule has 0 saturated heterocycles. The van der Waals surface area contributed by atoms with Crippen molar-refractivity contribution in [2.45, 2.75) is 58.7 Å². The molecule has 1 N–H and O–H groups in total. The van der Waals surface area contributed by atoms with Crippen molar-refractivity contribution in [2.75, 3.05) is 21.2 Å². The van der Waals surface area contributed by atoms with Crippen LogP contribution < -0.4 is 5.32 Å². The maximum atomic E-state index is 5.47. The van der Waals surface area contributed by atoms with Crippen LogP contribution in [0, 0.1) is 0 Å². The normalized spacial score (nSPS) is 12.8. The van der Waals surface area contributed by atoms with E-state index in [2.05, 4.69) is 39.7 Å². The number of nitrogens with zero attached hydrogens (tertiary/aromatic N) is 4. The Hall–Kier alpha value is -1.20. The summed E-state index contributed by atoms with van der Waals surface area (Å²) in [5.41, 5.74) is 2.03. The minimum atomic E-state index is 0. The number of hydrogen-bond acceptors (Lipinski definition) is 6. The van der Waals surface area contributed by atoms with Crippen LogP contribution in [0.25, 0.3) is 0 Å². The number of hydrogen-bond donors (Lipinski definition) is 1. The zero-order valence-electron chi connectivity index (χ0n) is 17.6. The smallest absolute Gasteiger partial charge is 0.194 e. The predicted octanol–water partition coefficient (Wildman–Crippen LogP) is 4.57. The van der Waals surface area contributed by atoms with Crippen molar-refractivity contribution in [3.8, 4) is 0 Å². The molecule has 0 spiro atoms. The first kappa shape index (κ1) is 24.8. The van der Waals surface area contributed by atoms with E-state index in [1.54, 1.807) is 25.5 Å². The molecule has 0 aliphatic carbocycles. The summed E-state index contributed by atoms with van der Waals surface area (Å²) in [6.07, 6.45) is 2.15. The van der Waals surface area contributed by atoms with Crippen molar-refractivity contribution in [1.29, 1.82) is 0 Å². The van der Waals surface area contributed by atoms with Gasteiger partial charge in [-0.25, -0.2) is 4.98 Å². The highest BCUT2D eigenvalue weighted by atomic mass is 127. The molecule has 9 heteroatoms. The fourth-order valence-electron chi connectivity index (χ4n) is 2.86. The van der Waals surface area contributed by atoms with Crippen LogP contribution >= 0.6 is 35.3 Å². The lowest BCUT2D eigenvalue weighted by molar-refractivity contribution is 0.119. The quantitative estimate of drug-likeness (QED) is 0.296. The highest BCUT2D eigenvalue weighted by molar-refractivity contribution is 14.0. The Balaban J connectivity index is 0.00000392. The molecule has 0 fully saturated rings. The second-order valence-corrected chi connectivity index (χ2v) is 7.43. The molecule has 2 rings (SSSR count). The summed E-state index contributed by atoms with van der Waals surface area (Å²) < 4.78 is 10.8. The van der Waals surface area contributed by atoms with Crippen LogP contribution in [0.4, 0.5) is 0 Å². The number of halogens is 1. The highest BCUT2D eigenvalue weighted by Gasteiger charge is 2.15. The van der Waals surface area contributed by atoms with E-state index in [1.807, 2.05) is 24.9 Å². The van der Waals surface area contributed by atoms with Gasteiger partial charge in [0, 0.05) is 38.6 Å². The van der Waals surface area contributed by atoms with Gasteiger partial charge in [-0.3, -0.25) is 4.99 Å². The number of thiazole rings is 1. The van der Waals surface area contributed by atoms with E-state index in [9.17, 15) is 0 Å². The Morgan fingerprint density at radius 1 is 1.39 bits per heavy atom. The van der Waals surface area contributed by atoms with E-state index < -0.39 is 0 Å². The molecule has 2 aromatic heterocycles. The van der Waals surface area contributed by atoms with Crippen LogP contribution in [0.3, 0.4) is 0 Å². The van der Waals surface area contributed by atoms with Gasteiger partial charge in [0.25, 0.3) is 0 Å². The Kier molecular flexibility index (Phi) is 11.0. The van der Waals surface area contributed by atoms with Crippen molar-refractivity contribution in [3.05, 3.63) is 33.6 Å². The molecule has 0 aromatic carbocycles. The summed E-state index contributed by atoms with van der Waals surface area (Å²) >= 11 is 1.62. The molecule has 0 amide bonds. The maximum Gasteiger partial charge on any atom is 0.194 e. The van der Waals surface area contributed by atoms with Gasteiger partial charge in [-0.1, -0.05) is 19.0 Å². The second kappa shape index (κ2) is 12.4. The largest absolute Gasteiger partial charge is 0.375 e. The van der Waals surface area contributed by atoms with Crippen LogP contribution in [0.5, 0.6) is 0 Å². The molecule has 0 aliphatic heterocycles. The SMILES string of the molecule is CCC(CC)c1cc(CNC(=NC)N(C)Cc2csc(C(C)OC)n2)on1.I. The number of aliphatic imine (C=N–C) groups is 1. The molecule has 0 aliphatic rings. The third-order valence-electron chi connectivity index (χ3n) is 4.65. The van der Waals surface area contributed by atoms with Crippen LogP contribution in [-0.2, 0) is 17.8 Å². The second-order valence-electron chi connectivity index (χ2n) is 6.54. The molecular weight excluding hydrogens is 489 g/mol. The van der Waals surface area contributed by atoms with Gasteiger partial charge in [0.2, 0.25) is 0 Å². The highest BCUT2D eigenvalue weighted by Crippen LogP contribution is 2.23. The number of methoxy groups -OCH3 is 1. The van der Waals surface area contributed by atoms with Crippen LogP contribution in [0.15, 0.2) is 21.0 Å². The standard InChI is InChI=1S/C19H31N5O2S.HI/c1-7-14(8-2)17-9-16(26-23-17)10-21-19(20-4)24(5)11-15-12-27-18(22-15)13(3)25-6;/h9,12-14H,7-8,10-11H2,1-6H3,(H,20,21);1H. The molecular formula is C19H32IN5O2S. The van der Waals surface area contributed by atoms with Gasteiger partial charge in [0.05, 0.1) is 24.5 Å². The summed E-state index contributed by atoms with van der Waals surface area (Å²) in [4.78, 5) is 11.0. The summed E-state index contributed by atoms with van der Waals surface area (Å²) in [7, 11) is 5.46. The summed E-state index contributed by atoms with van der Waals surface area (Å²) in [5, 5.41) is 10.6. The summed E-state index contributed by atoms with van der Waals surface area (Å²) in [5.74, 6) is 2.05. The van der Waals surface area contributed by atoms with Crippen molar-refractivity contribution < 1.29 is 9.26 Å². The van der Waals surface area contributed by atoms with Gasteiger partial charge in [-0.15, -0.1) is 35.3 Å². The van der Waals surface area contributed by atoms with Gasteiger partial charge in [-0.2, -0.15) is 0 Å². The Bertz CT molecular complexity index is 729.